The van der Waals surface area contributed by atoms with Crippen LogP contribution in [0.3, 0.4) is 0 Å². The quantitative estimate of drug-likeness (QED) is 0.688. The minimum atomic E-state index is -3.69. The van der Waals surface area contributed by atoms with E-state index in [0.717, 1.165) is 31.5 Å². The van der Waals surface area contributed by atoms with Gasteiger partial charge in [-0.3, -0.25) is 8.98 Å². The van der Waals surface area contributed by atoms with Gasteiger partial charge < -0.3 is 9.80 Å². The van der Waals surface area contributed by atoms with Gasteiger partial charge in [-0.15, -0.1) is 0 Å². The van der Waals surface area contributed by atoms with Gasteiger partial charge in [0.05, 0.1) is 18.0 Å². The first-order chi connectivity index (χ1) is 11.8. The summed E-state index contributed by atoms with van der Waals surface area (Å²) in [5.74, 6) is 0.554. The second-order valence-corrected chi connectivity index (χ2v) is 8.56. The van der Waals surface area contributed by atoms with Crippen molar-refractivity contribution in [3.8, 4) is 0 Å². The summed E-state index contributed by atoms with van der Waals surface area (Å²) in [7, 11) is 0.0852. The summed E-state index contributed by atoms with van der Waals surface area (Å²) < 4.78 is 29.5. The van der Waals surface area contributed by atoms with Crippen LogP contribution in [0.2, 0.25) is 0 Å². The van der Waals surface area contributed by atoms with E-state index in [-0.39, 0.29) is 17.4 Å². The molecule has 6 nitrogen and oxygen atoms in total. The largest absolute Gasteiger partial charge is 0.342 e. The van der Waals surface area contributed by atoms with Gasteiger partial charge in [-0.2, -0.15) is 8.42 Å². The van der Waals surface area contributed by atoms with Crippen molar-refractivity contribution < 1.29 is 17.4 Å². The molecule has 1 amide bonds. The Morgan fingerprint density at radius 1 is 1.20 bits per heavy atom. The zero-order chi connectivity index (χ0) is 18.4. The molecular formula is C18H28N2O4S. The summed E-state index contributed by atoms with van der Waals surface area (Å²) in [4.78, 5) is 16.0. The van der Waals surface area contributed by atoms with Gasteiger partial charge in [-0.1, -0.05) is 17.7 Å². The zero-order valence-corrected chi connectivity index (χ0v) is 16.1. The lowest BCUT2D eigenvalue weighted by Gasteiger charge is -2.32. The molecule has 0 bridgehead atoms. The van der Waals surface area contributed by atoms with Crippen molar-refractivity contribution in [1.29, 1.82) is 0 Å². The fourth-order valence-electron chi connectivity index (χ4n) is 2.94. The van der Waals surface area contributed by atoms with Gasteiger partial charge in [0.2, 0.25) is 5.91 Å². The Kier molecular flexibility index (Phi) is 6.98. The molecule has 1 aromatic carbocycles. The lowest BCUT2D eigenvalue weighted by atomic mass is 9.94. The minimum Gasteiger partial charge on any atom is -0.342 e. The maximum atomic E-state index is 12.1. The standard InChI is InChI=1S/C18H28N2O4S/c1-15-4-6-17(7-5-15)25(22,23)24-13-10-16-8-11-20(12-9-16)18(21)14-19(2)3/h4-7,16H,8-14H2,1-3H3. The summed E-state index contributed by atoms with van der Waals surface area (Å²) in [6, 6.07) is 6.66. The predicted octanol–water partition coefficient (Wildman–Crippen LogP) is 1.89. The summed E-state index contributed by atoms with van der Waals surface area (Å²) >= 11 is 0. The third-order valence-corrected chi connectivity index (χ3v) is 5.82. The molecule has 0 N–H and O–H groups in total. The average Bonchev–Trinajstić information content (AvgIpc) is 2.55. The molecule has 0 spiro atoms. The number of carbonyl (C=O) groups is 1. The Balaban J connectivity index is 1.74. The molecule has 7 heteroatoms. The maximum Gasteiger partial charge on any atom is 0.296 e. The van der Waals surface area contributed by atoms with Crippen molar-refractivity contribution in [2.45, 2.75) is 31.1 Å². The number of rotatable bonds is 7. The Hall–Kier alpha value is -1.44. The molecule has 0 aliphatic carbocycles. The Bertz CT molecular complexity index is 663. The maximum absolute atomic E-state index is 12.1. The number of nitrogens with zero attached hydrogens (tertiary/aromatic N) is 2. The van der Waals surface area contributed by atoms with Crippen molar-refractivity contribution in [1.82, 2.24) is 9.80 Å². The summed E-state index contributed by atoms with van der Waals surface area (Å²) in [6.07, 6.45) is 2.49. The van der Waals surface area contributed by atoms with Gasteiger partial charge in [0.15, 0.2) is 0 Å². The molecule has 1 heterocycles. The van der Waals surface area contributed by atoms with Gasteiger partial charge in [-0.05, 0) is 58.3 Å². The fraction of sp³-hybridized carbons (Fsp3) is 0.611. The van der Waals surface area contributed by atoms with E-state index < -0.39 is 10.1 Å². The highest BCUT2D eigenvalue weighted by Crippen LogP contribution is 2.22. The molecule has 1 saturated heterocycles. The van der Waals surface area contributed by atoms with E-state index in [0.29, 0.717) is 18.9 Å². The van der Waals surface area contributed by atoms with Crippen molar-refractivity contribution in [3.05, 3.63) is 29.8 Å². The number of amides is 1. The average molecular weight is 368 g/mol. The van der Waals surface area contributed by atoms with Gasteiger partial charge >= 0.3 is 0 Å². The number of hydrogen-bond donors (Lipinski definition) is 0. The lowest BCUT2D eigenvalue weighted by Crippen LogP contribution is -2.42. The van der Waals surface area contributed by atoms with Crippen molar-refractivity contribution in [2.24, 2.45) is 5.92 Å². The molecule has 1 aliphatic heterocycles. The molecule has 0 saturated carbocycles. The molecule has 2 rings (SSSR count). The number of aryl methyl sites for hydroxylation is 1. The van der Waals surface area contributed by atoms with Gasteiger partial charge in [0.25, 0.3) is 10.1 Å². The fourth-order valence-corrected chi connectivity index (χ4v) is 3.86. The minimum absolute atomic E-state index is 0.154. The van der Waals surface area contributed by atoms with Gasteiger partial charge in [0.1, 0.15) is 0 Å². The third kappa shape index (κ3) is 6.09. The van der Waals surface area contributed by atoms with E-state index in [1.807, 2.05) is 30.8 Å². The molecule has 140 valence electrons. The molecule has 0 radical (unpaired) electrons. The van der Waals surface area contributed by atoms with Crippen LogP contribution in [-0.2, 0) is 19.1 Å². The summed E-state index contributed by atoms with van der Waals surface area (Å²) in [5, 5.41) is 0. The van der Waals surface area contributed by atoms with E-state index >= 15 is 0 Å². The zero-order valence-electron chi connectivity index (χ0n) is 15.3. The van der Waals surface area contributed by atoms with E-state index in [1.54, 1.807) is 24.3 Å². The molecule has 25 heavy (non-hydrogen) atoms. The predicted molar refractivity (Wildman–Crippen MR) is 96.8 cm³/mol. The van der Waals surface area contributed by atoms with E-state index in [4.69, 9.17) is 4.18 Å². The molecule has 0 unspecified atom stereocenters. The van der Waals surface area contributed by atoms with Gasteiger partial charge in [-0.25, -0.2) is 0 Å². The molecular weight excluding hydrogens is 340 g/mol. The Labute approximate surface area is 150 Å². The number of likely N-dealkylation sites (tertiary alicyclic amines) is 1. The van der Waals surface area contributed by atoms with Crippen LogP contribution in [0, 0.1) is 12.8 Å². The van der Waals surface area contributed by atoms with Crippen molar-refractivity contribution in [2.75, 3.05) is 40.3 Å². The number of benzene rings is 1. The van der Waals surface area contributed by atoms with E-state index in [1.165, 1.54) is 0 Å². The third-order valence-electron chi connectivity index (χ3n) is 4.49. The van der Waals surface area contributed by atoms with Crippen LogP contribution in [0.5, 0.6) is 0 Å². The molecule has 0 aromatic heterocycles. The second kappa shape index (κ2) is 8.78. The highest BCUT2D eigenvalue weighted by atomic mass is 32.2. The first kappa shape index (κ1) is 19.9. The van der Waals surface area contributed by atoms with Crippen LogP contribution >= 0.6 is 0 Å². The molecule has 1 aliphatic rings. The smallest absolute Gasteiger partial charge is 0.296 e. The Morgan fingerprint density at radius 3 is 2.36 bits per heavy atom. The van der Waals surface area contributed by atoms with E-state index in [9.17, 15) is 13.2 Å². The molecule has 1 fully saturated rings. The van der Waals surface area contributed by atoms with Crippen LogP contribution in [0.25, 0.3) is 0 Å². The van der Waals surface area contributed by atoms with Crippen molar-refractivity contribution in [3.63, 3.8) is 0 Å². The number of hydrogen-bond acceptors (Lipinski definition) is 5. The van der Waals surface area contributed by atoms with Crippen LogP contribution in [0.4, 0.5) is 0 Å². The highest BCUT2D eigenvalue weighted by Gasteiger charge is 2.23. The molecule has 1 aromatic rings. The van der Waals surface area contributed by atoms with Crippen LogP contribution in [0.15, 0.2) is 29.2 Å². The number of likely N-dealkylation sites (N-methyl/N-ethyl adjacent to an activating group) is 1. The Morgan fingerprint density at radius 2 is 1.80 bits per heavy atom. The van der Waals surface area contributed by atoms with Crippen molar-refractivity contribution >= 4 is 16.0 Å². The van der Waals surface area contributed by atoms with Crippen LogP contribution in [0.1, 0.15) is 24.8 Å². The highest BCUT2D eigenvalue weighted by molar-refractivity contribution is 7.86. The topological polar surface area (TPSA) is 66.9 Å². The normalized spacial score (nSPS) is 16.4. The number of piperidine rings is 1. The van der Waals surface area contributed by atoms with E-state index in [2.05, 4.69) is 0 Å². The first-order valence-corrected chi connectivity index (χ1v) is 10.1. The second-order valence-electron chi connectivity index (χ2n) is 6.94. The van der Waals surface area contributed by atoms with Gasteiger partial charge in [0, 0.05) is 13.1 Å². The summed E-state index contributed by atoms with van der Waals surface area (Å²) in [6.45, 7) is 4.01. The first-order valence-electron chi connectivity index (χ1n) is 8.66. The number of carbonyl (C=O) groups excluding carboxylic acids is 1. The SMILES string of the molecule is Cc1ccc(S(=O)(=O)OCCC2CCN(C(=O)CN(C)C)CC2)cc1. The van der Waals surface area contributed by atoms with Crippen LogP contribution in [-0.4, -0.2) is 64.5 Å². The summed E-state index contributed by atoms with van der Waals surface area (Å²) in [5.41, 5.74) is 1.01. The monoisotopic (exact) mass is 368 g/mol. The lowest BCUT2D eigenvalue weighted by molar-refractivity contribution is -0.133. The molecule has 0 atom stereocenters. The van der Waals surface area contributed by atoms with Crippen LogP contribution < -0.4 is 0 Å².